The summed E-state index contributed by atoms with van der Waals surface area (Å²) in [5.74, 6) is 0.627. The molecule has 2 N–H and O–H groups in total. The summed E-state index contributed by atoms with van der Waals surface area (Å²) in [6.07, 6.45) is 0. The number of hydrazone groups is 1. The molecule has 0 radical (unpaired) electrons. The van der Waals surface area contributed by atoms with Crippen LogP contribution in [0.25, 0.3) is 0 Å². The number of nitrogens with one attached hydrogen (secondary N) is 2. The van der Waals surface area contributed by atoms with Gasteiger partial charge in [0.15, 0.2) is 11.7 Å². The van der Waals surface area contributed by atoms with Crippen molar-refractivity contribution in [3.8, 4) is 5.75 Å². The Kier molecular flexibility index (Phi) is 8.61. The quantitative estimate of drug-likeness (QED) is 0.390. The number of likely N-dealkylation sites (N-methyl/N-ethyl adjacent to an activating group) is 1. The normalized spacial score (nSPS) is 11.0. The lowest BCUT2D eigenvalue weighted by molar-refractivity contribution is -0.132. The SMILES string of the molecule is CCN(CC)C(=O)COc1ccc(/C(C)=N\NC(=S)Nc2ccccc2C)cc1. The molecule has 7 heteroatoms. The molecule has 0 unspecified atom stereocenters. The highest BCUT2D eigenvalue weighted by Gasteiger charge is 2.10. The van der Waals surface area contributed by atoms with Crippen molar-refractivity contribution >= 4 is 34.6 Å². The zero-order valence-corrected chi connectivity index (χ0v) is 18.2. The van der Waals surface area contributed by atoms with Gasteiger partial charge in [0.25, 0.3) is 5.91 Å². The van der Waals surface area contributed by atoms with Gasteiger partial charge in [-0.25, -0.2) is 0 Å². The van der Waals surface area contributed by atoms with E-state index in [1.807, 2.05) is 76.2 Å². The van der Waals surface area contributed by atoms with Crippen molar-refractivity contribution in [1.29, 1.82) is 0 Å². The lowest BCUT2D eigenvalue weighted by Crippen LogP contribution is -2.34. The summed E-state index contributed by atoms with van der Waals surface area (Å²) in [7, 11) is 0. The first-order valence-electron chi connectivity index (χ1n) is 9.62. The molecule has 2 aromatic carbocycles. The molecule has 0 aliphatic rings. The monoisotopic (exact) mass is 412 g/mol. The molecule has 0 aliphatic heterocycles. The second-order valence-electron chi connectivity index (χ2n) is 6.46. The van der Waals surface area contributed by atoms with Crippen LogP contribution < -0.4 is 15.5 Å². The van der Waals surface area contributed by atoms with Crippen LogP contribution in [-0.2, 0) is 4.79 Å². The van der Waals surface area contributed by atoms with E-state index in [1.165, 1.54) is 0 Å². The molecule has 1 amide bonds. The molecule has 0 atom stereocenters. The largest absolute Gasteiger partial charge is 0.484 e. The maximum Gasteiger partial charge on any atom is 0.260 e. The van der Waals surface area contributed by atoms with E-state index < -0.39 is 0 Å². The van der Waals surface area contributed by atoms with Gasteiger partial charge in [0, 0.05) is 18.8 Å². The second kappa shape index (κ2) is 11.2. The Morgan fingerprint density at radius 2 is 1.76 bits per heavy atom. The van der Waals surface area contributed by atoms with Crippen LogP contribution >= 0.6 is 12.2 Å². The van der Waals surface area contributed by atoms with Gasteiger partial charge in [0.1, 0.15) is 5.75 Å². The smallest absolute Gasteiger partial charge is 0.260 e. The molecular weight excluding hydrogens is 384 g/mol. The fourth-order valence-corrected chi connectivity index (χ4v) is 2.82. The highest BCUT2D eigenvalue weighted by Crippen LogP contribution is 2.14. The van der Waals surface area contributed by atoms with Crippen LogP contribution in [-0.4, -0.2) is 41.3 Å². The van der Waals surface area contributed by atoms with E-state index in [4.69, 9.17) is 17.0 Å². The molecule has 2 rings (SSSR count). The van der Waals surface area contributed by atoms with Gasteiger partial charge in [-0.2, -0.15) is 5.10 Å². The molecule has 0 aliphatic carbocycles. The fraction of sp³-hybridized carbons (Fsp3) is 0.318. The van der Waals surface area contributed by atoms with Crippen molar-refractivity contribution < 1.29 is 9.53 Å². The van der Waals surface area contributed by atoms with Crippen LogP contribution in [0, 0.1) is 6.92 Å². The van der Waals surface area contributed by atoms with Crippen molar-refractivity contribution in [2.45, 2.75) is 27.7 Å². The van der Waals surface area contributed by atoms with E-state index in [2.05, 4.69) is 15.8 Å². The maximum absolute atomic E-state index is 12.0. The van der Waals surface area contributed by atoms with Crippen molar-refractivity contribution in [3.05, 3.63) is 59.7 Å². The molecule has 0 saturated heterocycles. The number of anilines is 1. The Morgan fingerprint density at radius 1 is 1.10 bits per heavy atom. The molecule has 0 fully saturated rings. The third-order valence-corrected chi connectivity index (χ3v) is 4.66. The fourth-order valence-electron chi connectivity index (χ4n) is 2.67. The van der Waals surface area contributed by atoms with Crippen LogP contribution in [0.1, 0.15) is 31.9 Å². The number of benzene rings is 2. The van der Waals surface area contributed by atoms with Gasteiger partial charge < -0.3 is 15.0 Å². The number of hydrogen-bond acceptors (Lipinski definition) is 4. The summed E-state index contributed by atoms with van der Waals surface area (Å²) in [5.41, 5.74) is 6.62. The average Bonchev–Trinajstić information content (AvgIpc) is 2.73. The number of amides is 1. The van der Waals surface area contributed by atoms with E-state index in [-0.39, 0.29) is 12.5 Å². The van der Waals surface area contributed by atoms with E-state index in [1.54, 1.807) is 4.90 Å². The van der Waals surface area contributed by atoms with E-state index >= 15 is 0 Å². The lowest BCUT2D eigenvalue weighted by atomic mass is 10.1. The Labute approximate surface area is 177 Å². The van der Waals surface area contributed by atoms with E-state index in [0.29, 0.717) is 24.0 Å². The summed E-state index contributed by atoms with van der Waals surface area (Å²) < 4.78 is 5.59. The number of carbonyl (C=O) groups is 1. The van der Waals surface area contributed by atoms with Gasteiger partial charge in [0.2, 0.25) is 0 Å². The van der Waals surface area contributed by atoms with Crippen LogP contribution in [0.2, 0.25) is 0 Å². The Bertz CT molecular complexity index is 861. The molecule has 0 aromatic heterocycles. The second-order valence-corrected chi connectivity index (χ2v) is 6.87. The zero-order chi connectivity index (χ0) is 21.2. The standard InChI is InChI=1S/C22H28N4O2S/c1-5-26(6-2)21(27)15-28-19-13-11-18(12-14-19)17(4)24-25-22(29)23-20-10-8-7-9-16(20)3/h7-14H,5-6,15H2,1-4H3,(H2,23,25,29)/b24-17-. The van der Waals surface area contributed by atoms with Gasteiger partial charge >= 0.3 is 0 Å². The Balaban J connectivity index is 1.89. The summed E-state index contributed by atoms with van der Waals surface area (Å²) >= 11 is 5.30. The van der Waals surface area contributed by atoms with Crippen molar-refractivity contribution in [2.75, 3.05) is 25.0 Å². The number of para-hydroxylation sites is 1. The minimum atomic E-state index is -0.0179. The third kappa shape index (κ3) is 6.87. The van der Waals surface area contributed by atoms with Crippen LogP contribution in [0.15, 0.2) is 53.6 Å². The zero-order valence-electron chi connectivity index (χ0n) is 17.4. The first kappa shape index (κ1) is 22.4. The van der Waals surface area contributed by atoms with Crippen molar-refractivity contribution in [3.63, 3.8) is 0 Å². The highest BCUT2D eigenvalue weighted by atomic mass is 32.1. The van der Waals surface area contributed by atoms with Gasteiger partial charge in [-0.05, 0) is 81.4 Å². The number of carbonyl (C=O) groups excluding carboxylic acids is 1. The van der Waals surface area contributed by atoms with Gasteiger partial charge in [0.05, 0.1) is 5.71 Å². The topological polar surface area (TPSA) is 66.0 Å². The van der Waals surface area contributed by atoms with Gasteiger partial charge in [-0.15, -0.1) is 0 Å². The molecule has 0 heterocycles. The Hall–Kier alpha value is -2.93. The number of aryl methyl sites for hydroxylation is 1. The summed E-state index contributed by atoms with van der Waals surface area (Å²) in [4.78, 5) is 13.8. The predicted molar refractivity (Wildman–Crippen MR) is 123 cm³/mol. The minimum Gasteiger partial charge on any atom is -0.484 e. The maximum atomic E-state index is 12.0. The van der Waals surface area contributed by atoms with Crippen LogP contribution in [0.5, 0.6) is 5.75 Å². The first-order valence-corrected chi connectivity index (χ1v) is 10.0. The number of rotatable bonds is 8. The van der Waals surface area contributed by atoms with Crippen LogP contribution in [0.4, 0.5) is 5.69 Å². The van der Waals surface area contributed by atoms with Crippen LogP contribution in [0.3, 0.4) is 0 Å². The average molecular weight is 413 g/mol. The molecule has 29 heavy (non-hydrogen) atoms. The first-order chi connectivity index (χ1) is 13.9. The molecule has 0 saturated carbocycles. The number of hydrogen-bond donors (Lipinski definition) is 2. The molecule has 0 bridgehead atoms. The van der Waals surface area contributed by atoms with Crippen molar-refractivity contribution in [2.24, 2.45) is 5.10 Å². The van der Waals surface area contributed by atoms with E-state index in [9.17, 15) is 4.79 Å². The predicted octanol–water partition coefficient (Wildman–Crippen LogP) is 3.95. The lowest BCUT2D eigenvalue weighted by Gasteiger charge is -2.18. The molecule has 154 valence electrons. The highest BCUT2D eigenvalue weighted by molar-refractivity contribution is 7.80. The number of thiocarbonyl (C=S) groups is 1. The van der Waals surface area contributed by atoms with Gasteiger partial charge in [-0.1, -0.05) is 18.2 Å². The number of nitrogens with zero attached hydrogens (tertiary/aromatic N) is 2. The molecule has 0 spiro atoms. The molecular formula is C22H28N4O2S. The van der Waals surface area contributed by atoms with Crippen molar-refractivity contribution in [1.82, 2.24) is 10.3 Å². The minimum absolute atomic E-state index is 0.0179. The number of ether oxygens (including phenoxy) is 1. The van der Waals surface area contributed by atoms with E-state index in [0.717, 1.165) is 22.5 Å². The van der Waals surface area contributed by atoms with Gasteiger partial charge in [-0.3, -0.25) is 10.2 Å². The summed E-state index contributed by atoms with van der Waals surface area (Å²) in [6, 6.07) is 15.4. The Morgan fingerprint density at radius 3 is 2.38 bits per heavy atom. The molecule has 6 nitrogen and oxygen atoms in total. The summed E-state index contributed by atoms with van der Waals surface area (Å²) in [5, 5.41) is 7.88. The molecule has 2 aromatic rings. The summed E-state index contributed by atoms with van der Waals surface area (Å²) in [6.45, 7) is 9.21. The third-order valence-electron chi connectivity index (χ3n) is 4.47.